The second kappa shape index (κ2) is 19.8. The van der Waals surface area contributed by atoms with E-state index in [1.807, 2.05) is 30.3 Å². The van der Waals surface area contributed by atoms with E-state index in [-0.39, 0.29) is 48.8 Å². The fourth-order valence-electron chi connectivity index (χ4n) is 6.20. The van der Waals surface area contributed by atoms with Crippen LogP contribution in [0.5, 0.6) is 23.0 Å². The Morgan fingerprint density at radius 2 is 1.61 bits per heavy atom. The summed E-state index contributed by atoms with van der Waals surface area (Å²) in [6, 6.07) is 20.0. The molecule has 4 N–H and O–H groups in total. The highest BCUT2D eigenvalue weighted by Crippen LogP contribution is 2.35. The van der Waals surface area contributed by atoms with E-state index in [0.29, 0.717) is 47.6 Å². The van der Waals surface area contributed by atoms with Gasteiger partial charge >= 0.3 is 0 Å². The highest BCUT2D eigenvalue weighted by Gasteiger charge is 2.27. The van der Waals surface area contributed by atoms with E-state index in [2.05, 4.69) is 21.3 Å². The second-order valence-corrected chi connectivity index (χ2v) is 13.6. The van der Waals surface area contributed by atoms with Crippen LogP contribution in [0, 0.1) is 0 Å². The number of pyridine rings is 1. The molecular formula is C42H48N6O9. The van der Waals surface area contributed by atoms with Crippen molar-refractivity contribution in [3.05, 3.63) is 118 Å². The van der Waals surface area contributed by atoms with Crippen molar-refractivity contribution < 1.29 is 38.2 Å². The Morgan fingerprint density at radius 3 is 2.35 bits per heavy atom. The number of hydrogen-bond donors (Lipinski definition) is 4. The van der Waals surface area contributed by atoms with Gasteiger partial charge in [0.2, 0.25) is 23.3 Å². The van der Waals surface area contributed by atoms with Crippen LogP contribution in [0.2, 0.25) is 0 Å². The lowest BCUT2D eigenvalue weighted by molar-refractivity contribution is -0.132. The number of fused-ring (bicyclic) bond motifs is 18. The van der Waals surface area contributed by atoms with Crippen molar-refractivity contribution in [2.45, 2.75) is 51.2 Å². The van der Waals surface area contributed by atoms with Gasteiger partial charge in [-0.15, -0.1) is 0 Å². The van der Waals surface area contributed by atoms with Crippen LogP contribution < -0.4 is 41.0 Å². The molecule has 2 atom stereocenters. The molecule has 2 aliphatic rings. The molecule has 3 aromatic carbocycles. The molecule has 3 heterocycles. The summed E-state index contributed by atoms with van der Waals surface area (Å²) in [5, 5.41) is 11.2. The van der Waals surface area contributed by atoms with Gasteiger partial charge in [0.25, 0.3) is 11.8 Å². The Labute approximate surface area is 330 Å². The van der Waals surface area contributed by atoms with Gasteiger partial charge in [-0.05, 0) is 74.6 Å². The third-order valence-electron chi connectivity index (χ3n) is 9.43. The summed E-state index contributed by atoms with van der Waals surface area (Å²) in [6.07, 6.45) is 2.92. The van der Waals surface area contributed by atoms with Crippen LogP contribution in [-0.2, 0) is 34.4 Å². The zero-order valence-corrected chi connectivity index (χ0v) is 32.5. The predicted molar refractivity (Wildman–Crippen MR) is 211 cm³/mol. The van der Waals surface area contributed by atoms with Gasteiger partial charge in [-0.1, -0.05) is 30.3 Å². The molecule has 4 aromatic rings. The smallest absolute Gasteiger partial charge is 0.255 e. The van der Waals surface area contributed by atoms with Gasteiger partial charge in [0, 0.05) is 56.1 Å². The molecule has 57 heavy (non-hydrogen) atoms. The Balaban J connectivity index is 1.42. The standard InChI is InChI=1S/C42H48N6O9/c1-27-39(51)44-24-30-13-16-32(23-35(30)56-4)57-36-22-29(14-18-34(36)55-3)40(52)43-20-8-9-21-48(42(54)31-15-19-38(50)47(2)25-31)26-37(49)46-33(41(53)45-27)17-12-28-10-6-5-7-11-28/h5-7,10-11,13-16,18-19,22-23,25,27,33H,8-9,12,17,20-21,24,26H2,1-4H3,(H,43,52)(H,44,51)(H,45,53)(H,46,49)/t27-,33-/m0/s1. The number of nitrogens with zero attached hydrogens (tertiary/aromatic N) is 2. The normalized spacial score (nSPS) is 17.4. The van der Waals surface area contributed by atoms with E-state index in [9.17, 15) is 28.8 Å². The maximum atomic E-state index is 13.8. The van der Waals surface area contributed by atoms with Gasteiger partial charge in [0.15, 0.2) is 11.5 Å². The Morgan fingerprint density at radius 1 is 0.842 bits per heavy atom. The van der Waals surface area contributed by atoms with Crippen molar-refractivity contribution in [2.24, 2.45) is 7.05 Å². The molecule has 0 saturated carbocycles. The number of amides is 5. The summed E-state index contributed by atoms with van der Waals surface area (Å²) in [7, 11) is 4.49. The zero-order chi connectivity index (χ0) is 40.9. The molecule has 0 radical (unpaired) electrons. The number of ether oxygens (including phenoxy) is 3. The average molecular weight is 781 g/mol. The summed E-state index contributed by atoms with van der Waals surface area (Å²) in [6.45, 7) is 1.61. The van der Waals surface area contributed by atoms with Gasteiger partial charge in [-0.25, -0.2) is 0 Å². The highest BCUT2D eigenvalue weighted by molar-refractivity contribution is 5.97. The molecule has 300 valence electrons. The topological polar surface area (TPSA) is 186 Å². The maximum Gasteiger partial charge on any atom is 0.255 e. The number of aromatic nitrogens is 1. The lowest BCUT2D eigenvalue weighted by Crippen LogP contribution is -2.54. The van der Waals surface area contributed by atoms with Crippen molar-refractivity contribution >= 4 is 29.5 Å². The fourth-order valence-corrected chi connectivity index (χ4v) is 6.20. The Hall–Kier alpha value is -6.64. The molecule has 0 aliphatic carbocycles. The van der Waals surface area contributed by atoms with Gasteiger partial charge < -0.3 is 44.9 Å². The lowest BCUT2D eigenvalue weighted by Gasteiger charge is -2.25. The van der Waals surface area contributed by atoms with Gasteiger partial charge in [-0.3, -0.25) is 28.8 Å². The monoisotopic (exact) mass is 780 g/mol. The maximum absolute atomic E-state index is 13.8. The summed E-state index contributed by atoms with van der Waals surface area (Å²) in [5.41, 5.74) is 1.80. The molecule has 15 heteroatoms. The molecule has 2 aliphatic heterocycles. The zero-order valence-electron chi connectivity index (χ0n) is 32.5. The molecule has 0 spiro atoms. The van der Waals surface area contributed by atoms with E-state index in [4.69, 9.17) is 14.2 Å². The van der Waals surface area contributed by atoms with Crippen molar-refractivity contribution in [3.63, 3.8) is 0 Å². The van der Waals surface area contributed by atoms with Gasteiger partial charge in [-0.2, -0.15) is 0 Å². The Bertz CT molecular complexity index is 2140. The molecule has 0 saturated heterocycles. The first-order chi connectivity index (χ1) is 27.4. The van der Waals surface area contributed by atoms with Crippen LogP contribution in [-0.4, -0.2) is 84.9 Å². The van der Waals surface area contributed by atoms with Crippen molar-refractivity contribution in [1.29, 1.82) is 0 Å². The SMILES string of the molecule is COc1cc2ccc1CNC(=O)[C@H](C)NC(=O)[C@H](CCc1ccccc1)NC(=O)CN(C(=O)c1ccc(=O)n(C)c1)CCCCNC(=O)c1ccc(OC)c(c1)O2. The molecule has 6 rings (SSSR count). The Kier molecular flexibility index (Phi) is 14.4. The van der Waals surface area contributed by atoms with Crippen molar-refractivity contribution in [3.8, 4) is 23.0 Å². The van der Waals surface area contributed by atoms with E-state index in [1.165, 1.54) is 49.1 Å². The minimum Gasteiger partial charge on any atom is -0.496 e. The number of hydrogen-bond acceptors (Lipinski definition) is 9. The van der Waals surface area contributed by atoms with E-state index in [1.54, 1.807) is 43.3 Å². The van der Waals surface area contributed by atoms with Crippen molar-refractivity contribution in [2.75, 3.05) is 33.9 Å². The fraction of sp³-hybridized carbons (Fsp3) is 0.333. The number of methoxy groups -OCH3 is 2. The summed E-state index contributed by atoms with van der Waals surface area (Å²) >= 11 is 0. The largest absolute Gasteiger partial charge is 0.496 e. The highest BCUT2D eigenvalue weighted by atomic mass is 16.5. The van der Waals surface area contributed by atoms with Crippen LogP contribution in [0.25, 0.3) is 0 Å². The lowest BCUT2D eigenvalue weighted by atomic mass is 10.0. The van der Waals surface area contributed by atoms with E-state index >= 15 is 0 Å². The first kappa shape index (κ1) is 41.5. The quantitative estimate of drug-likeness (QED) is 0.214. The molecular weight excluding hydrogens is 732 g/mol. The van der Waals surface area contributed by atoms with Crippen LogP contribution in [0.3, 0.4) is 0 Å². The van der Waals surface area contributed by atoms with Crippen molar-refractivity contribution in [1.82, 2.24) is 30.7 Å². The van der Waals surface area contributed by atoms with Crippen LogP contribution in [0.15, 0.2) is 89.9 Å². The molecule has 15 nitrogen and oxygen atoms in total. The van der Waals surface area contributed by atoms with Crippen LogP contribution in [0.1, 0.15) is 58.0 Å². The summed E-state index contributed by atoms with van der Waals surface area (Å²) < 4.78 is 18.5. The summed E-state index contributed by atoms with van der Waals surface area (Å²) in [5.74, 6) is -0.987. The van der Waals surface area contributed by atoms with E-state index in [0.717, 1.165) is 5.56 Å². The van der Waals surface area contributed by atoms with Crippen LogP contribution >= 0.6 is 0 Å². The third-order valence-corrected chi connectivity index (χ3v) is 9.43. The van der Waals surface area contributed by atoms with Gasteiger partial charge in [0.1, 0.15) is 23.6 Å². The molecule has 0 fully saturated rings. The number of benzene rings is 3. The summed E-state index contributed by atoms with van der Waals surface area (Å²) in [4.78, 5) is 81.0. The number of carbonyl (C=O) groups is 5. The average Bonchev–Trinajstić information content (AvgIpc) is 3.21. The number of carbonyl (C=O) groups excluding carboxylic acids is 5. The molecule has 0 unspecified atom stereocenters. The molecule has 1 aromatic heterocycles. The number of rotatable bonds is 6. The number of nitrogens with one attached hydrogen (secondary N) is 4. The first-order valence-corrected chi connectivity index (χ1v) is 18.6. The number of aryl methyl sites for hydroxylation is 2. The van der Waals surface area contributed by atoms with Crippen LogP contribution in [0.4, 0.5) is 0 Å². The van der Waals surface area contributed by atoms with E-state index < -0.39 is 42.3 Å². The molecule has 4 bridgehead atoms. The molecule has 5 amide bonds. The predicted octanol–water partition coefficient (Wildman–Crippen LogP) is 3.10. The third kappa shape index (κ3) is 11.4. The minimum absolute atomic E-state index is 0.0646. The minimum atomic E-state index is -1.05. The first-order valence-electron chi connectivity index (χ1n) is 18.6. The second-order valence-electron chi connectivity index (χ2n) is 13.6. The van der Waals surface area contributed by atoms with Gasteiger partial charge in [0.05, 0.1) is 26.3 Å².